The maximum absolute atomic E-state index is 13.2. The summed E-state index contributed by atoms with van der Waals surface area (Å²) in [5.41, 5.74) is -0.233. The van der Waals surface area contributed by atoms with E-state index in [1.807, 2.05) is 0 Å². The number of likely N-dealkylation sites (tertiary alicyclic amines) is 1. The molecule has 3 heterocycles. The zero-order valence-corrected chi connectivity index (χ0v) is 18.6. The van der Waals surface area contributed by atoms with E-state index in [4.69, 9.17) is 0 Å². The molecule has 3 aliphatic rings. The highest BCUT2D eigenvalue weighted by Crippen LogP contribution is 2.48. The van der Waals surface area contributed by atoms with Crippen LogP contribution in [0.2, 0.25) is 0 Å². The summed E-state index contributed by atoms with van der Waals surface area (Å²) in [5, 5.41) is 3.14. The number of aromatic nitrogens is 1. The van der Waals surface area contributed by atoms with Gasteiger partial charge in [-0.3, -0.25) is 9.78 Å². The average molecular weight is 435 g/mol. The summed E-state index contributed by atoms with van der Waals surface area (Å²) in [6.07, 6.45) is 11.9. The molecule has 1 aromatic heterocycles. The maximum atomic E-state index is 13.2. The lowest BCUT2D eigenvalue weighted by Gasteiger charge is -2.37. The van der Waals surface area contributed by atoms with Crippen LogP contribution in [0, 0.1) is 11.3 Å². The molecule has 4 rings (SSSR count). The van der Waals surface area contributed by atoms with E-state index in [1.165, 1.54) is 36.2 Å². The molecule has 166 valence electrons. The number of hydrogen-bond acceptors (Lipinski definition) is 5. The average Bonchev–Trinajstić information content (AvgIpc) is 3.15. The van der Waals surface area contributed by atoms with Gasteiger partial charge in [0, 0.05) is 38.6 Å². The van der Waals surface area contributed by atoms with Crippen molar-refractivity contribution in [2.75, 3.05) is 39.3 Å². The molecule has 0 radical (unpaired) electrons. The van der Waals surface area contributed by atoms with Gasteiger partial charge in [-0.25, -0.2) is 8.42 Å². The third-order valence-corrected chi connectivity index (χ3v) is 9.03. The Balaban J connectivity index is 1.45. The number of piperidine rings is 1. The molecule has 1 amide bonds. The number of amides is 1. The molecule has 2 aliphatic heterocycles. The zero-order valence-electron chi connectivity index (χ0n) is 17.8. The van der Waals surface area contributed by atoms with Crippen LogP contribution >= 0.6 is 0 Å². The predicted molar refractivity (Wildman–Crippen MR) is 115 cm³/mol. The van der Waals surface area contributed by atoms with Gasteiger partial charge >= 0.3 is 0 Å². The minimum Gasteiger partial charge on any atom is -0.355 e. The van der Waals surface area contributed by atoms with Crippen molar-refractivity contribution in [1.82, 2.24) is 19.5 Å². The third-order valence-electron chi connectivity index (χ3n) is 7.23. The normalized spacial score (nSPS) is 25.4. The van der Waals surface area contributed by atoms with E-state index < -0.39 is 10.0 Å². The van der Waals surface area contributed by atoms with Gasteiger partial charge in [-0.15, -0.1) is 0 Å². The highest BCUT2D eigenvalue weighted by atomic mass is 32.2. The molecule has 1 aliphatic carbocycles. The Morgan fingerprint density at radius 2 is 1.87 bits per heavy atom. The summed E-state index contributed by atoms with van der Waals surface area (Å²) in [6.45, 7) is 4.45. The minimum atomic E-state index is -3.64. The molecule has 0 bridgehead atoms. The highest BCUT2D eigenvalue weighted by Gasteiger charge is 2.53. The van der Waals surface area contributed by atoms with Gasteiger partial charge in [-0.1, -0.05) is 25.7 Å². The van der Waals surface area contributed by atoms with Crippen LogP contribution in [0.1, 0.15) is 51.4 Å². The SMILES string of the molecule is O=C(NCCN1CCCCC1)[C@H]1CN(S(=O)(=O)c2cccnc2)CC12CCCCC2. The van der Waals surface area contributed by atoms with Gasteiger partial charge in [-0.2, -0.15) is 4.31 Å². The lowest BCUT2D eigenvalue weighted by molar-refractivity contribution is -0.128. The Morgan fingerprint density at radius 1 is 1.13 bits per heavy atom. The molecule has 1 aromatic rings. The number of pyridine rings is 1. The second-order valence-electron chi connectivity index (χ2n) is 9.16. The van der Waals surface area contributed by atoms with Crippen molar-refractivity contribution >= 4 is 15.9 Å². The Kier molecular flexibility index (Phi) is 6.75. The van der Waals surface area contributed by atoms with Crippen LogP contribution in [0.5, 0.6) is 0 Å². The molecule has 1 N–H and O–H groups in total. The predicted octanol–water partition coefficient (Wildman–Crippen LogP) is 2.25. The van der Waals surface area contributed by atoms with Crippen molar-refractivity contribution in [3.63, 3.8) is 0 Å². The van der Waals surface area contributed by atoms with Crippen molar-refractivity contribution in [3.8, 4) is 0 Å². The van der Waals surface area contributed by atoms with Gasteiger partial charge in [0.1, 0.15) is 4.90 Å². The molecule has 0 aromatic carbocycles. The van der Waals surface area contributed by atoms with Gasteiger partial charge in [0.05, 0.1) is 5.92 Å². The van der Waals surface area contributed by atoms with Crippen LogP contribution < -0.4 is 5.32 Å². The van der Waals surface area contributed by atoms with Crippen molar-refractivity contribution in [2.45, 2.75) is 56.3 Å². The van der Waals surface area contributed by atoms with E-state index >= 15 is 0 Å². The van der Waals surface area contributed by atoms with E-state index in [2.05, 4.69) is 15.2 Å². The molecule has 8 heteroatoms. The molecule has 0 unspecified atom stereocenters. The summed E-state index contributed by atoms with van der Waals surface area (Å²) < 4.78 is 27.9. The Bertz CT molecular complexity index is 818. The molecule has 3 fully saturated rings. The van der Waals surface area contributed by atoms with Crippen molar-refractivity contribution in [1.29, 1.82) is 0 Å². The fourth-order valence-electron chi connectivity index (χ4n) is 5.52. The van der Waals surface area contributed by atoms with Gasteiger partial charge in [-0.05, 0) is 56.3 Å². The van der Waals surface area contributed by atoms with Crippen LogP contribution in [0.3, 0.4) is 0 Å². The molecule has 1 spiro atoms. The lowest BCUT2D eigenvalue weighted by Crippen LogP contribution is -2.45. The Morgan fingerprint density at radius 3 is 2.57 bits per heavy atom. The summed E-state index contributed by atoms with van der Waals surface area (Å²) in [4.78, 5) is 19.8. The minimum absolute atomic E-state index is 0.0257. The highest BCUT2D eigenvalue weighted by molar-refractivity contribution is 7.89. The largest absolute Gasteiger partial charge is 0.355 e. The Labute approximate surface area is 180 Å². The first-order valence-electron chi connectivity index (χ1n) is 11.4. The van der Waals surface area contributed by atoms with Gasteiger partial charge in [0.15, 0.2) is 0 Å². The number of carbonyl (C=O) groups is 1. The smallest absolute Gasteiger partial charge is 0.244 e. The van der Waals surface area contributed by atoms with E-state index in [1.54, 1.807) is 18.3 Å². The second kappa shape index (κ2) is 9.32. The lowest BCUT2D eigenvalue weighted by atomic mass is 9.67. The van der Waals surface area contributed by atoms with Crippen molar-refractivity contribution < 1.29 is 13.2 Å². The Hall–Kier alpha value is -1.51. The van der Waals surface area contributed by atoms with Gasteiger partial charge < -0.3 is 10.2 Å². The number of sulfonamides is 1. The van der Waals surface area contributed by atoms with Crippen LogP contribution in [0.25, 0.3) is 0 Å². The fraction of sp³-hybridized carbons (Fsp3) is 0.727. The maximum Gasteiger partial charge on any atom is 0.244 e. The number of nitrogens with zero attached hydrogens (tertiary/aromatic N) is 3. The number of hydrogen-bond donors (Lipinski definition) is 1. The number of nitrogens with one attached hydrogen (secondary N) is 1. The first kappa shape index (κ1) is 21.7. The monoisotopic (exact) mass is 434 g/mol. The topological polar surface area (TPSA) is 82.6 Å². The molecule has 30 heavy (non-hydrogen) atoms. The van der Waals surface area contributed by atoms with Crippen molar-refractivity contribution in [2.24, 2.45) is 11.3 Å². The molecular weight excluding hydrogens is 400 g/mol. The third kappa shape index (κ3) is 4.55. The quantitative estimate of drug-likeness (QED) is 0.743. The summed E-state index contributed by atoms with van der Waals surface area (Å²) in [5.74, 6) is -0.247. The molecule has 2 saturated heterocycles. The standard InChI is InChI=1S/C22H34N4O3S/c27-21(24-12-15-25-13-5-2-6-14-25)20-17-26(18-22(20)9-3-1-4-10-22)30(28,29)19-8-7-11-23-16-19/h7-8,11,16,20H,1-6,9-10,12-15,17-18H2,(H,24,27)/t20-/m1/s1. The first-order chi connectivity index (χ1) is 14.5. The fourth-order valence-corrected chi connectivity index (χ4v) is 7.04. The molecular formula is C22H34N4O3S. The van der Waals surface area contributed by atoms with Gasteiger partial charge in [0.25, 0.3) is 0 Å². The van der Waals surface area contributed by atoms with Crippen LogP contribution in [0.4, 0.5) is 0 Å². The van der Waals surface area contributed by atoms with Crippen LogP contribution in [0.15, 0.2) is 29.4 Å². The molecule has 1 saturated carbocycles. The van der Waals surface area contributed by atoms with E-state index in [0.717, 1.165) is 45.3 Å². The van der Waals surface area contributed by atoms with E-state index in [9.17, 15) is 13.2 Å². The summed E-state index contributed by atoms with van der Waals surface area (Å²) in [7, 11) is -3.64. The van der Waals surface area contributed by atoms with E-state index in [-0.39, 0.29) is 28.7 Å². The van der Waals surface area contributed by atoms with Crippen molar-refractivity contribution in [3.05, 3.63) is 24.5 Å². The van der Waals surface area contributed by atoms with E-state index in [0.29, 0.717) is 13.1 Å². The van der Waals surface area contributed by atoms with Crippen LogP contribution in [-0.4, -0.2) is 67.8 Å². The number of carbonyl (C=O) groups excluding carboxylic acids is 1. The summed E-state index contributed by atoms with van der Waals surface area (Å²) in [6, 6.07) is 3.23. The van der Waals surface area contributed by atoms with Crippen LogP contribution in [-0.2, 0) is 14.8 Å². The molecule has 7 nitrogen and oxygen atoms in total. The van der Waals surface area contributed by atoms with Gasteiger partial charge in [0.2, 0.25) is 15.9 Å². The summed E-state index contributed by atoms with van der Waals surface area (Å²) >= 11 is 0. The number of rotatable bonds is 6. The zero-order chi connectivity index (χ0) is 21.0. The first-order valence-corrected chi connectivity index (χ1v) is 12.9. The molecule has 1 atom stereocenters. The second-order valence-corrected chi connectivity index (χ2v) is 11.1.